The van der Waals surface area contributed by atoms with Crippen molar-refractivity contribution in [1.29, 1.82) is 0 Å². The molecule has 2 heteroatoms. The number of carbonyl (C=O) groups excluding carboxylic acids is 2. The molecule has 24 heavy (non-hydrogen) atoms. The summed E-state index contributed by atoms with van der Waals surface area (Å²) in [6.07, 6.45) is 3.89. The van der Waals surface area contributed by atoms with Crippen molar-refractivity contribution in [2.75, 3.05) is 0 Å². The van der Waals surface area contributed by atoms with Crippen molar-refractivity contribution < 1.29 is 9.59 Å². The van der Waals surface area contributed by atoms with Crippen LogP contribution in [0.25, 0.3) is 0 Å². The van der Waals surface area contributed by atoms with Gasteiger partial charge in [-0.25, -0.2) is 0 Å². The number of benzene rings is 2. The van der Waals surface area contributed by atoms with Crippen LogP contribution in [0, 0.1) is 5.92 Å². The summed E-state index contributed by atoms with van der Waals surface area (Å²) in [5, 5.41) is 0. The first-order chi connectivity index (χ1) is 11.7. The summed E-state index contributed by atoms with van der Waals surface area (Å²) in [5.74, 6) is 0.440. The van der Waals surface area contributed by atoms with Gasteiger partial charge in [0.2, 0.25) is 0 Å². The number of ketones is 2. The van der Waals surface area contributed by atoms with Crippen molar-refractivity contribution in [2.45, 2.75) is 44.9 Å². The van der Waals surface area contributed by atoms with E-state index < -0.39 is 0 Å². The van der Waals surface area contributed by atoms with E-state index in [9.17, 15) is 9.59 Å². The van der Waals surface area contributed by atoms with Crippen LogP contribution in [0.2, 0.25) is 0 Å². The lowest BCUT2D eigenvalue weighted by molar-refractivity contribution is -0.121. The van der Waals surface area contributed by atoms with Gasteiger partial charge in [0.05, 0.1) is 0 Å². The molecule has 124 valence electrons. The van der Waals surface area contributed by atoms with Crippen LogP contribution in [0.1, 0.15) is 60.0 Å². The molecule has 1 saturated carbocycles. The topological polar surface area (TPSA) is 34.1 Å². The highest BCUT2D eigenvalue weighted by Crippen LogP contribution is 2.38. The number of carbonyl (C=O) groups is 2. The predicted molar refractivity (Wildman–Crippen MR) is 96.3 cm³/mol. The standard InChI is InChI=1S/C22H24O2/c1-2-16-11-13-18(14-12-16)22(24)15-20(17-7-4-3-5-8-17)19-9-6-10-21(19)23/h3-5,7-8,11-14,19-20H,2,6,9-10,15H2,1H3/t19-,20-/m1/s1. The van der Waals surface area contributed by atoms with E-state index in [0.717, 1.165) is 30.4 Å². The summed E-state index contributed by atoms with van der Waals surface area (Å²) >= 11 is 0. The highest BCUT2D eigenvalue weighted by atomic mass is 16.1. The molecule has 0 radical (unpaired) electrons. The molecule has 3 rings (SSSR count). The van der Waals surface area contributed by atoms with E-state index in [0.29, 0.717) is 18.6 Å². The van der Waals surface area contributed by atoms with Crippen LogP contribution < -0.4 is 0 Å². The number of Topliss-reactive ketones (excluding diaryl/α,β-unsaturated/α-hetero) is 2. The van der Waals surface area contributed by atoms with Crippen LogP contribution >= 0.6 is 0 Å². The minimum absolute atomic E-state index is 0.000415. The van der Waals surface area contributed by atoms with Crippen molar-refractivity contribution in [1.82, 2.24) is 0 Å². The Bertz CT molecular complexity index is 701. The number of aryl methyl sites for hydroxylation is 1. The first kappa shape index (κ1) is 16.6. The zero-order valence-corrected chi connectivity index (χ0v) is 14.2. The van der Waals surface area contributed by atoms with Crippen molar-refractivity contribution in [3.05, 3.63) is 71.3 Å². The Morgan fingerprint density at radius 3 is 2.38 bits per heavy atom. The third-order valence-electron chi connectivity index (χ3n) is 5.15. The molecule has 0 spiro atoms. The highest BCUT2D eigenvalue weighted by Gasteiger charge is 2.34. The zero-order valence-electron chi connectivity index (χ0n) is 14.2. The van der Waals surface area contributed by atoms with Gasteiger partial charge < -0.3 is 0 Å². The van der Waals surface area contributed by atoms with Crippen LogP contribution in [0.15, 0.2) is 54.6 Å². The average Bonchev–Trinajstić information content (AvgIpc) is 3.06. The molecule has 0 N–H and O–H groups in total. The van der Waals surface area contributed by atoms with Crippen LogP contribution in [-0.4, -0.2) is 11.6 Å². The lowest BCUT2D eigenvalue weighted by Gasteiger charge is -2.22. The molecule has 0 aromatic heterocycles. The average molecular weight is 320 g/mol. The van der Waals surface area contributed by atoms with Gasteiger partial charge in [-0.15, -0.1) is 0 Å². The summed E-state index contributed by atoms with van der Waals surface area (Å²) in [7, 11) is 0. The Kier molecular flexibility index (Phi) is 5.24. The number of rotatable bonds is 6. The van der Waals surface area contributed by atoms with Crippen LogP contribution in [0.5, 0.6) is 0 Å². The van der Waals surface area contributed by atoms with Crippen molar-refractivity contribution in [3.8, 4) is 0 Å². The van der Waals surface area contributed by atoms with Gasteiger partial charge in [0.25, 0.3) is 0 Å². The molecule has 2 atom stereocenters. The molecule has 2 nitrogen and oxygen atoms in total. The maximum absolute atomic E-state index is 12.8. The summed E-state index contributed by atoms with van der Waals surface area (Å²) in [4.78, 5) is 25.1. The van der Waals surface area contributed by atoms with E-state index in [2.05, 4.69) is 6.92 Å². The monoisotopic (exact) mass is 320 g/mol. The molecule has 1 aliphatic carbocycles. The first-order valence-electron chi connectivity index (χ1n) is 8.89. The zero-order chi connectivity index (χ0) is 16.9. The van der Waals surface area contributed by atoms with Crippen LogP contribution in [0.4, 0.5) is 0 Å². The summed E-state index contributed by atoms with van der Waals surface area (Å²) in [6, 6.07) is 17.9. The number of hydrogen-bond donors (Lipinski definition) is 0. The third-order valence-corrected chi connectivity index (χ3v) is 5.15. The molecule has 2 aromatic carbocycles. The SMILES string of the molecule is CCc1ccc(C(=O)C[C@H](c2ccccc2)[C@H]2CCCC2=O)cc1. The molecule has 0 heterocycles. The van der Waals surface area contributed by atoms with E-state index >= 15 is 0 Å². The van der Waals surface area contributed by atoms with Crippen LogP contribution in [-0.2, 0) is 11.2 Å². The summed E-state index contributed by atoms with van der Waals surface area (Å²) in [5.41, 5.74) is 3.09. The molecular weight excluding hydrogens is 296 g/mol. The van der Waals surface area contributed by atoms with E-state index in [1.165, 1.54) is 5.56 Å². The Morgan fingerprint density at radius 2 is 1.79 bits per heavy atom. The predicted octanol–water partition coefficient (Wildman–Crippen LogP) is 4.97. The summed E-state index contributed by atoms with van der Waals surface area (Å²) < 4.78 is 0. The molecule has 0 aliphatic heterocycles. The van der Waals surface area contributed by atoms with Gasteiger partial charge in [-0.05, 0) is 30.4 Å². The molecule has 0 bridgehead atoms. The molecule has 1 aliphatic rings. The number of hydrogen-bond acceptors (Lipinski definition) is 2. The second kappa shape index (κ2) is 7.57. The Morgan fingerprint density at radius 1 is 1.08 bits per heavy atom. The van der Waals surface area contributed by atoms with Gasteiger partial charge in [0, 0.05) is 30.2 Å². The van der Waals surface area contributed by atoms with Gasteiger partial charge in [-0.2, -0.15) is 0 Å². The van der Waals surface area contributed by atoms with Gasteiger partial charge in [0.1, 0.15) is 5.78 Å². The smallest absolute Gasteiger partial charge is 0.163 e. The van der Waals surface area contributed by atoms with E-state index in [-0.39, 0.29) is 17.6 Å². The van der Waals surface area contributed by atoms with Crippen molar-refractivity contribution in [2.24, 2.45) is 5.92 Å². The summed E-state index contributed by atoms with van der Waals surface area (Å²) in [6.45, 7) is 2.11. The van der Waals surface area contributed by atoms with Gasteiger partial charge in [0.15, 0.2) is 5.78 Å². The molecule has 0 saturated heterocycles. The van der Waals surface area contributed by atoms with Crippen molar-refractivity contribution >= 4 is 11.6 Å². The fraction of sp³-hybridized carbons (Fsp3) is 0.364. The molecular formula is C22H24O2. The highest BCUT2D eigenvalue weighted by molar-refractivity contribution is 5.97. The molecule has 0 amide bonds. The Balaban J connectivity index is 1.83. The van der Waals surface area contributed by atoms with Crippen molar-refractivity contribution in [3.63, 3.8) is 0 Å². The maximum Gasteiger partial charge on any atom is 0.163 e. The Hall–Kier alpha value is -2.22. The second-order valence-corrected chi connectivity index (χ2v) is 6.66. The quantitative estimate of drug-likeness (QED) is 0.704. The van der Waals surface area contributed by atoms with E-state index in [1.54, 1.807) is 0 Å². The Labute approximate surface area is 143 Å². The third kappa shape index (κ3) is 3.64. The minimum atomic E-state index is -0.00809. The first-order valence-corrected chi connectivity index (χ1v) is 8.89. The lowest BCUT2D eigenvalue weighted by atomic mass is 9.80. The molecule has 2 aromatic rings. The van der Waals surface area contributed by atoms with E-state index in [1.807, 2.05) is 54.6 Å². The largest absolute Gasteiger partial charge is 0.299 e. The minimum Gasteiger partial charge on any atom is -0.299 e. The van der Waals surface area contributed by atoms with Gasteiger partial charge in [-0.3, -0.25) is 9.59 Å². The fourth-order valence-electron chi connectivity index (χ4n) is 3.70. The second-order valence-electron chi connectivity index (χ2n) is 6.66. The molecule has 0 unspecified atom stereocenters. The van der Waals surface area contributed by atoms with E-state index in [4.69, 9.17) is 0 Å². The van der Waals surface area contributed by atoms with Gasteiger partial charge >= 0.3 is 0 Å². The fourth-order valence-corrected chi connectivity index (χ4v) is 3.70. The van der Waals surface area contributed by atoms with Gasteiger partial charge in [-0.1, -0.05) is 61.5 Å². The molecule has 1 fully saturated rings. The van der Waals surface area contributed by atoms with Crippen LogP contribution in [0.3, 0.4) is 0 Å². The normalized spacial score (nSPS) is 18.5. The lowest BCUT2D eigenvalue weighted by Crippen LogP contribution is -2.20. The maximum atomic E-state index is 12.8.